The van der Waals surface area contributed by atoms with Crippen LogP contribution in [0, 0.1) is 5.92 Å². The average molecular weight is 433 g/mol. The van der Waals surface area contributed by atoms with Crippen LogP contribution in [0.1, 0.15) is 29.2 Å². The van der Waals surface area contributed by atoms with Crippen LogP contribution >= 0.6 is 0 Å². The molecule has 0 heterocycles. The first kappa shape index (κ1) is 22.4. The number of Topliss-reactive ketones (excluding diaryl/α,β-unsaturated/α-hetero) is 1. The van der Waals surface area contributed by atoms with E-state index in [0.717, 1.165) is 22.3 Å². The number of ketones is 1. The Morgan fingerprint density at radius 2 is 1.03 bits per heavy atom. The third-order valence-electron chi connectivity index (χ3n) is 6.20. The lowest BCUT2D eigenvalue weighted by atomic mass is 9.63. The number of hydrogen-bond donors (Lipinski definition) is 1. The summed E-state index contributed by atoms with van der Waals surface area (Å²) in [5, 5.41) is 11.0. The maximum atomic E-state index is 14.4. The standard InChI is InChI=1S/C31H28O2/c1-24(29(32)23-22-25-14-6-2-7-15-25)30(33)31(26-16-8-3-9-17-26,27-18-10-4-11-19-27)28-20-12-5-13-21-28/h2-24,29,32H,1H3/b23-22+/t24-,29-/m1/s1. The van der Waals surface area contributed by atoms with E-state index in [0.29, 0.717) is 0 Å². The molecule has 4 rings (SSSR count). The summed E-state index contributed by atoms with van der Waals surface area (Å²) in [6.07, 6.45) is 2.65. The molecule has 0 aliphatic carbocycles. The van der Waals surface area contributed by atoms with E-state index < -0.39 is 17.4 Å². The molecule has 0 aromatic heterocycles. The zero-order chi connectivity index (χ0) is 23.1. The molecule has 164 valence electrons. The lowest BCUT2D eigenvalue weighted by Gasteiger charge is -2.37. The lowest BCUT2D eigenvalue weighted by Crippen LogP contribution is -2.44. The molecule has 0 saturated heterocycles. The molecule has 2 atom stereocenters. The van der Waals surface area contributed by atoms with Gasteiger partial charge in [0.1, 0.15) is 5.41 Å². The van der Waals surface area contributed by atoms with Crippen molar-refractivity contribution < 1.29 is 9.90 Å². The Hall–Kier alpha value is -3.75. The molecule has 0 saturated carbocycles. The molecular weight excluding hydrogens is 404 g/mol. The Morgan fingerprint density at radius 3 is 1.42 bits per heavy atom. The summed E-state index contributed by atoms with van der Waals surface area (Å²) in [6.45, 7) is 1.81. The number of benzene rings is 4. The normalized spacial score (nSPS) is 13.5. The fourth-order valence-electron chi connectivity index (χ4n) is 4.43. The second-order valence-electron chi connectivity index (χ2n) is 8.26. The highest BCUT2D eigenvalue weighted by Crippen LogP contribution is 2.42. The van der Waals surface area contributed by atoms with E-state index in [-0.39, 0.29) is 5.78 Å². The van der Waals surface area contributed by atoms with Crippen molar-refractivity contribution in [3.05, 3.63) is 150 Å². The van der Waals surface area contributed by atoms with Crippen LogP contribution in [0.2, 0.25) is 0 Å². The van der Waals surface area contributed by atoms with Crippen LogP contribution < -0.4 is 0 Å². The number of carbonyl (C=O) groups is 1. The molecule has 2 heteroatoms. The quantitative estimate of drug-likeness (QED) is 0.332. The second-order valence-corrected chi connectivity index (χ2v) is 8.26. The first-order chi connectivity index (χ1) is 16.1. The zero-order valence-electron chi connectivity index (χ0n) is 18.7. The molecule has 33 heavy (non-hydrogen) atoms. The Balaban J connectivity index is 1.84. The van der Waals surface area contributed by atoms with Crippen molar-refractivity contribution >= 4 is 11.9 Å². The molecule has 0 amide bonds. The molecule has 0 fully saturated rings. The van der Waals surface area contributed by atoms with Gasteiger partial charge in [0.2, 0.25) is 0 Å². The second kappa shape index (κ2) is 10.2. The Morgan fingerprint density at radius 1 is 0.667 bits per heavy atom. The fraction of sp³-hybridized carbons (Fsp3) is 0.129. The minimum atomic E-state index is -1.04. The van der Waals surface area contributed by atoms with Crippen molar-refractivity contribution in [1.82, 2.24) is 0 Å². The minimum Gasteiger partial charge on any atom is -0.388 e. The molecule has 4 aromatic carbocycles. The van der Waals surface area contributed by atoms with Crippen LogP contribution in [0.4, 0.5) is 0 Å². The predicted octanol–water partition coefficient (Wildman–Crippen LogP) is 6.30. The van der Waals surface area contributed by atoms with E-state index in [4.69, 9.17) is 0 Å². The highest BCUT2D eigenvalue weighted by molar-refractivity contribution is 5.99. The predicted molar refractivity (Wildman–Crippen MR) is 135 cm³/mol. The minimum absolute atomic E-state index is 0.0451. The first-order valence-electron chi connectivity index (χ1n) is 11.3. The van der Waals surface area contributed by atoms with Crippen LogP contribution in [0.3, 0.4) is 0 Å². The van der Waals surface area contributed by atoms with Gasteiger partial charge in [-0.3, -0.25) is 4.79 Å². The van der Waals surface area contributed by atoms with Gasteiger partial charge in [-0.2, -0.15) is 0 Å². The van der Waals surface area contributed by atoms with Crippen LogP contribution in [-0.2, 0) is 10.2 Å². The summed E-state index contributed by atoms with van der Waals surface area (Å²) in [6, 6.07) is 39.4. The van der Waals surface area contributed by atoms with Crippen LogP contribution in [0.5, 0.6) is 0 Å². The molecular formula is C31H28O2. The number of carbonyl (C=O) groups excluding carboxylic acids is 1. The summed E-state index contributed by atoms with van der Waals surface area (Å²) in [7, 11) is 0. The summed E-state index contributed by atoms with van der Waals surface area (Å²) >= 11 is 0. The van der Waals surface area contributed by atoms with E-state index >= 15 is 0 Å². The van der Waals surface area contributed by atoms with E-state index in [1.54, 1.807) is 6.08 Å². The molecule has 0 unspecified atom stereocenters. The van der Waals surface area contributed by atoms with Gasteiger partial charge in [-0.1, -0.05) is 140 Å². The maximum Gasteiger partial charge on any atom is 0.157 e. The highest BCUT2D eigenvalue weighted by Gasteiger charge is 2.46. The van der Waals surface area contributed by atoms with Gasteiger partial charge in [0, 0.05) is 5.92 Å². The molecule has 0 radical (unpaired) electrons. The largest absolute Gasteiger partial charge is 0.388 e. The first-order valence-corrected chi connectivity index (χ1v) is 11.3. The lowest BCUT2D eigenvalue weighted by molar-refractivity contribution is -0.127. The van der Waals surface area contributed by atoms with E-state index in [2.05, 4.69) is 0 Å². The van der Waals surface area contributed by atoms with Crippen molar-refractivity contribution in [3.8, 4) is 0 Å². The molecule has 0 aliphatic heterocycles. The molecule has 1 N–H and O–H groups in total. The monoisotopic (exact) mass is 432 g/mol. The average Bonchev–Trinajstić information content (AvgIpc) is 2.90. The summed E-state index contributed by atoms with van der Waals surface area (Å²) in [5.41, 5.74) is 2.61. The van der Waals surface area contributed by atoms with Crippen molar-refractivity contribution in [2.45, 2.75) is 18.4 Å². The molecule has 0 spiro atoms. The molecule has 0 bridgehead atoms. The third-order valence-corrected chi connectivity index (χ3v) is 6.20. The molecule has 4 aromatic rings. The van der Waals surface area contributed by atoms with Gasteiger partial charge in [-0.05, 0) is 22.3 Å². The van der Waals surface area contributed by atoms with Crippen molar-refractivity contribution in [2.75, 3.05) is 0 Å². The summed E-state index contributed by atoms with van der Waals surface area (Å²) in [5.74, 6) is -0.679. The number of rotatable bonds is 8. The van der Waals surface area contributed by atoms with E-state index in [1.165, 1.54) is 0 Å². The van der Waals surface area contributed by atoms with Crippen molar-refractivity contribution in [1.29, 1.82) is 0 Å². The van der Waals surface area contributed by atoms with E-state index in [1.807, 2.05) is 134 Å². The number of aliphatic hydroxyl groups is 1. The number of aliphatic hydroxyl groups excluding tert-OH is 1. The van der Waals surface area contributed by atoms with Gasteiger partial charge in [0.25, 0.3) is 0 Å². The summed E-state index contributed by atoms with van der Waals surface area (Å²) < 4.78 is 0. The van der Waals surface area contributed by atoms with Crippen LogP contribution in [0.15, 0.2) is 127 Å². The highest BCUT2D eigenvalue weighted by atomic mass is 16.3. The van der Waals surface area contributed by atoms with Gasteiger partial charge < -0.3 is 5.11 Å². The molecule has 2 nitrogen and oxygen atoms in total. The SMILES string of the molecule is C[C@@H](C(=O)C(c1ccccc1)(c1ccccc1)c1ccccc1)[C@H](O)/C=C/c1ccccc1. The van der Waals surface area contributed by atoms with Gasteiger partial charge in [-0.15, -0.1) is 0 Å². The third kappa shape index (κ3) is 4.57. The zero-order valence-corrected chi connectivity index (χ0v) is 18.7. The Bertz CT molecular complexity index is 1090. The maximum absolute atomic E-state index is 14.4. The van der Waals surface area contributed by atoms with Crippen molar-refractivity contribution in [3.63, 3.8) is 0 Å². The van der Waals surface area contributed by atoms with Gasteiger partial charge in [0.05, 0.1) is 6.10 Å². The van der Waals surface area contributed by atoms with Gasteiger partial charge in [0.15, 0.2) is 5.78 Å². The van der Waals surface area contributed by atoms with Crippen LogP contribution in [-0.4, -0.2) is 17.0 Å². The Kier molecular flexibility index (Phi) is 6.97. The molecule has 0 aliphatic rings. The summed E-state index contributed by atoms with van der Waals surface area (Å²) in [4.78, 5) is 14.4. The number of hydrogen-bond acceptors (Lipinski definition) is 2. The topological polar surface area (TPSA) is 37.3 Å². The van der Waals surface area contributed by atoms with Crippen LogP contribution in [0.25, 0.3) is 6.08 Å². The van der Waals surface area contributed by atoms with E-state index in [9.17, 15) is 9.90 Å². The van der Waals surface area contributed by atoms with Crippen molar-refractivity contribution in [2.24, 2.45) is 5.92 Å². The van der Waals surface area contributed by atoms with Gasteiger partial charge in [-0.25, -0.2) is 0 Å². The van der Waals surface area contributed by atoms with Gasteiger partial charge >= 0.3 is 0 Å². The smallest absolute Gasteiger partial charge is 0.157 e. The fourth-order valence-corrected chi connectivity index (χ4v) is 4.43. The Labute approximate surface area is 195 Å².